The van der Waals surface area contributed by atoms with Gasteiger partial charge in [-0.3, -0.25) is 9.73 Å². The molecule has 3 unspecified atom stereocenters. The lowest BCUT2D eigenvalue weighted by molar-refractivity contribution is -0.345. The van der Waals surface area contributed by atoms with Crippen LogP contribution in [0.5, 0.6) is 0 Å². The highest BCUT2D eigenvalue weighted by Crippen LogP contribution is 2.38. The number of aliphatic imine (C=N–C) groups is 1. The minimum absolute atomic E-state index is 0.0612. The Balaban J connectivity index is 1.89. The van der Waals surface area contributed by atoms with Crippen molar-refractivity contribution in [1.29, 1.82) is 0 Å². The van der Waals surface area contributed by atoms with Crippen LogP contribution in [0.25, 0.3) is 0 Å². The highest BCUT2D eigenvalue weighted by atomic mass is 32.2. The molecule has 0 amide bonds. The number of thioether (sulfide) groups is 1. The van der Waals surface area contributed by atoms with Gasteiger partial charge in [0.1, 0.15) is 0 Å². The standard InChI is InChI=1S/C8H11F3N2OS/c9-8(10,11)14-4-1-2-5-6(3-4)15-7(12)13-5/h4-6H,1-3H2,(H2,12,13). The molecule has 2 rings (SSSR count). The van der Waals surface area contributed by atoms with Gasteiger partial charge in [0.25, 0.3) is 0 Å². The van der Waals surface area contributed by atoms with Crippen molar-refractivity contribution >= 4 is 16.9 Å². The summed E-state index contributed by atoms with van der Waals surface area (Å²) in [5.41, 5.74) is 5.52. The zero-order valence-corrected chi connectivity index (χ0v) is 8.64. The predicted octanol–water partition coefficient (Wildman–Crippen LogP) is 1.87. The number of alkyl halides is 3. The van der Waals surface area contributed by atoms with Crippen molar-refractivity contribution in [3.8, 4) is 0 Å². The molecule has 7 heteroatoms. The molecule has 0 aromatic heterocycles. The second-order valence-corrected chi connectivity index (χ2v) is 4.95. The van der Waals surface area contributed by atoms with Crippen molar-refractivity contribution in [2.24, 2.45) is 10.7 Å². The van der Waals surface area contributed by atoms with Gasteiger partial charge in [-0.1, -0.05) is 11.8 Å². The summed E-state index contributed by atoms with van der Waals surface area (Å²) in [5.74, 6) is 0. The van der Waals surface area contributed by atoms with Gasteiger partial charge < -0.3 is 5.73 Å². The number of amidine groups is 1. The smallest absolute Gasteiger partial charge is 0.379 e. The number of hydrogen-bond donors (Lipinski definition) is 1. The van der Waals surface area contributed by atoms with Gasteiger partial charge in [0.05, 0.1) is 12.1 Å². The van der Waals surface area contributed by atoms with Gasteiger partial charge >= 0.3 is 6.36 Å². The van der Waals surface area contributed by atoms with Crippen molar-refractivity contribution in [2.45, 2.75) is 43.0 Å². The average Bonchev–Trinajstić information content (AvgIpc) is 2.40. The van der Waals surface area contributed by atoms with Gasteiger partial charge in [-0.2, -0.15) is 0 Å². The molecule has 0 aromatic rings. The van der Waals surface area contributed by atoms with E-state index in [4.69, 9.17) is 5.73 Å². The molecule has 1 fully saturated rings. The first-order valence-electron chi connectivity index (χ1n) is 4.68. The predicted molar refractivity (Wildman–Crippen MR) is 51.6 cm³/mol. The van der Waals surface area contributed by atoms with E-state index >= 15 is 0 Å². The van der Waals surface area contributed by atoms with E-state index in [2.05, 4.69) is 9.73 Å². The van der Waals surface area contributed by atoms with Crippen molar-refractivity contribution in [1.82, 2.24) is 0 Å². The summed E-state index contributed by atoms with van der Waals surface area (Å²) < 4.78 is 40.0. The number of ether oxygens (including phenoxy) is 1. The largest absolute Gasteiger partial charge is 0.522 e. The highest BCUT2D eigenvalue weighted by molar-refractivity contribution is 8.14. The van der Waals surface area contributed by atoms with E-state index in [0.29, 0.717) is 24.4 Å². The second kappa shape index (κ2) is 3.86. The molecule has 0 aromatic carbocycles. The second-order valence-electron chi connectivity index (χ2n) is 3.69. The molecular weight excluding hydrogens is 229 g/mol. The lowest BCUT2D eigenvalue weighted by Gasteiger charge is -2.29. The van der Waals surface area contributed by atoms with Crippen LogP contribution in [0.1, 0.15) is 19.3 Å². The number of fused-ring (bicyclic) bond motifs is 1. The summed E-state index contributed by atoms with van der Waals surface area (Å²) in [6.45, 7) is 0. The number of rotatable bonds is 1. The Morgan fingerprint density at radius 2 is 2.13 bits per heavy atom. The van der Waals surface area contributed by atoms with Crippen LogP contribution < -0.4 is 5.73 Å². The fourth-order valence-corrected chi connectivity index (χ4v) is 3.17. The maximum absolute atomic E-state index is 12.0. The van der Waals surface area contributed by atoms with Gasteiger partial charge in [-0.05, 0) is 19.3 Å². The summed E-state index contributed by atoms with van der Waals surface area (Å²) in [5, 5.41) is 0.545. The third kappa shape index (κ3) is 2.78. The van der Waals surface area contributed by atoms with E-state index in [1.54, 1.807) is 0 Å². The molecule has 0 bridgehead atoms. The molecule has 1 aliphatic carbocycles. The maximum Gasteiger partial charge on any atom is 0.522 e. The fraction of sp³-hybridized carbons (Fsp3) is 0.875. The van der Waals surface area contributed by atoms with Crippen molar-refractivity contribution in [2.75, 3.05) is 0 Å². The number of halogens is 3. The number of hydrogen-bond acceptors (Lipinski definition) is 4. The molecule has 1 heterocycles. The van der Waals surface area contributed by atoms with Crippen LogP contribution in [0.4, 0.5) is 13.2 Å². The Morgan fingerprint density at radius 1 is 1.40 bits per heavy atom. The van der Waals surface area contributed by atoms with Crippen LogP contribution in [0.15, 0.2) is 4.99 Å². The molecule has 2 N–H and O–H groups in total. The van der Waals surface area contributed by atoms with Crippen LogP contribution in [-0.4, -0.2) is 28.9 Å². The minimum atomic E-state index is -4.53. The van der Waals surface area contributed by atoms with E-state index in [1.165, 1.54) is 11.8 Å². The summed E-state index contributed by atoms with van der Waals surface area (Å²) >= 11 is 1.36. The lowest BCUT2D eigenvalue weighted by Crippen LogP contribution is -2.35. The Labute approximate surface area is 89.3 Å². The Morgan fingerprint density at radius 3 is 2.80 bits per heavy atom. The van der Waals surface area contributed by atoms with Crippen molar-refractivity contribution < 1.29 is 17.9 Å². The Kier molecular flexibility index (Phi) is 2.85. The van der Waals surface area contributed by atoms with Crippen molar-refractivity contribution in [3.05, 3.63) is 0 Å². The van der Waals surface area contributed by atoms with E-state index < -0.39 is 12.5 Å². The van der Waals surface area contributed by atoms with Gasteiger partial charge in [-0.15, -0.1) is 13.2 Å². The number of nitrogens with two attached hydrogens (primary N) is 1. The van der Waals surface area contributed by atoms with E-state index in [1.807, 2.05) is 0 Å². The molecule has 1 saturated carbocycles. The van der Waals surface area contributed by atoms with Crippen LogP contribution in [0.3, 0.4) is 0 Å². The first-order chi connectivity index (χ1) is 6.94. The molecule has 2 aliphatic rings. The van der Waals surface area contributed by atoms with E-state index in [0.717, 1.165) is 0 Å². The van der Waals surface area contributed by atoms with Gasteiger partial charge in [0, 0.05) is 5.25 Å². The molecule has 0 radical (unpaired) electrons. The lowest BCUT2D eigenvalue weighted by atomic mass is 9.93. The summed E-state index contributed by atoms with van der Waals surface area (Å²) in [7, 11) is 0. The molecule has 0 spiro atoms. The van der Waals surface area contributed by atoms with Crippen LogP contribution in [0, 0.1) is 0 Å². The molecule has 15 heavy (non-hydrogen) atoms. The normalized spacial score (nSPS) is 36.2. The molecule has 1 aliphatic heterocycles. The van der Waals surface area contributed by atoms with Crippen LogP contribution in [0.2, 0.25) is 0 Å². The van der Waals surface area contributed by atoms with Gasteiger partial charge in [-0.25, -0.2) is 0 Å². The van der Waals surface area contributed by atoms with Gasteiger partial charge in [0.15, 0.2) is 5.17 Å². The third-order valence-electron chi connectivity index (χ3n) is 2.57. The van der Waals surface area contributed by atoms with Crippen molar-refractivity contribution in [3.63, 3.8) is 0 Å². The molecular formula is C8H11F3N2OS. The number of nitrogens with zero attached hydrogens (tertiary/aromatic N) is 1. The Hall–Kier alpha value is -0.430. The van der Waals surface area contributed by atoms with Crippen LogP contribution in [-0.2, 0) is 4.74 Å². The molecule has 86 valence electrons. The van der Waals surface area contributed by atoms with Gasteiger partial charge in [0.2, 0.25) is 0 Å². The minimum Gasteiger partial charge on any atom is -0.379 e. The quantitative estimate of drug-likeness (QED) is 0.761. The summed E-state index contributed by atoms with van der Waals surface area (Å²) in [6.07, 6.45) is -3.87. The molecule has 3 atom stereocenters. The fourth-order valence-electron chi connectivity index (χ4n) is 2.00. The first kappa shape index (κ1) is 11.1. The zero-order valence-electron chi connectivity index (χ0n) is 7.83. The summed E-state index contributed by atoms with van der Waals surface area (Å²) in [4.78, 5) is 4.16. The first-order valence-corrected chi connectivity index (χ1v) is 5.56. The zero-order chi connectivity index (χ0) is 11.1. The average molecular weight is 240 g/mol. The van der Waals surface area contributed by atoms with E-state index in [-0.39, 0.29) is 11.3 Å². The Bertz CT molecular complexity index is 282. The molecule has 0 saturated heterocycles. The third-order valence-corrected chi connectivity index (χ3v) is 3.73. The molecule has 3 nitrogen and oxygen atoms in total. The monoisotopic (exact) mass is 240 g/mol. The summed E-state index contributed by atoms with van der Waals surface area (Å²) in [6, 6.07) is 0.0862. The SMILES string of the molecule is NC1=NC2CCC(OC(F)(F)F)CC2S1. The van der Waals surface area contributed by atoms with Crippen LogP contribution >= 0.6 is 11.8 Å². The van der Waals surface area contributed by atoms with E-state index in [9.17, 15) is 13.2 Å². The maximum atomic E-state index is 12.0. The topological polar surface area (TPSA) is 47.6 Å². The highest BCUT2D eigenvalue weighted by Gasteiger charge is 2.40.